The molecule has 1 N–H and O–H groups in total. The highest BCUT2D eigenvalue weighted by molar-refractivity contribution is 6.09. The number of likely N-dealkylation sites (tertiary alicyclic amines) is 1. The van der Waals surface area contributed by atoms with Gasteiger partial charge in [0.15, 0.2) is 6.61 Å². The number of carbonyl (C=O) groups excluding carboxylic acids is 5. The summed E-state index contributed by atoms with van der Waals surface area (Å²) in [5.74, 6) is -1.90. The Morgan fingerprint density at radius 1 is 1.21 bits per heavy atom. The number of esters is 1. The van der Waals surface area contributed by atoms with E-state index in [1.165, 1.54) is 0 Å². The number of rotatable bonds is 4. The molecule has 0 radical (unpaired) electrons. The highest BCUT2D eigenvalue weighted by Gasteiger charge is 2.56. The molecule has 9 nitrogen and oxygen atoms in total. The predicted molar refractivity (Wildman–Crippen MR) is 96.7 cm³/mol. The fraction of sp³-hybridized carbons (Fsp3) is 0.737. The van der Waals surface area contributed by atoms with Crippen LogP contribution < -0.4 is 5.32 Å². The zero-order valence-corrected chi connectivity index (χ0v) is 16.6. The van der Waals surface area contributed by atoms with E-state index >= 15 is 0 Å². The minimum absolute atomic E-state index is 0.105. The Morgan fingerprint density at radius 2 is 1.93 bits per heavy atom. The summed E-state index contributed by atoms with van der Waals surface area (Å²) < 4.78 is 4.90. The monoisotopic (exact) mass is 393 g/mol. The van der Waals surface area contributed by atoms with Gasteiger partial charge in [-0.25, -0.2) is 4.79 Å². The van der Waals surface area contributed by atoms with E-state index < -0.39 is 42.5 Å². The summed E-state index contributed by atoms with van der Waals surface area (Å²) in [6.45, 7) is 5.35. The van der Waals surface area contributed by atoms with Crippen molar-refractivity contribution >= 4 is 29.7 Å². The van der Waals surface area contributed by atoms with Gasteiger partial charge in [0.1, 0.15) is 12.1 Å². The van der Waals surface area contributed by atoms with Crippen molar-refractivity contribution in [3.05, 3.63) is 0 Å². The molecule has 2 saturated heterocycles. The standard InChI is InChI=1S/C19H27N3O6/c1-12-7-18(2,3)11-19(8-12)16(26)22(17(27)20-19)9-15(25)28-10-14(24)21-6-4-5-13(21)23/h12H,4-11H2,1-3H3,(H,20,27)/t12-,19-/m0/s1. The Kier molecular flexibility index (Phi) is 5.20. The van der Waals surface area contributed by atoms with Crippen LogP contribution in [0, 0.1) is 11.3 Å². The third-order valence-electron chi connectivity index (χ3n) is 5.64. The van der Waals surface area contributed by atoms with Crippen LogP contribution in [0.15, 0.2) is 0 Å². The smallest absolute Gasteiger partial charge is 0.326 e. The van der Waals surface area contributed by atoms with Crippen molar-refractivity contribution in [3.8, 4) is 0 Å². The Hall–Kier alpha value is -2.45. The van der Waals surface area contributed by atoms with Crippen LogP contribution in [-0.2, 0) is 23.9 Å². The van der Waals surface area contributed by atoms with Crippen molar-refractivity contribution in [1.82, 2.24) is 15.1 Å². The fourth-order valence-corrected chi connectivity index (χ4v) is 4.96. The van der Waals surface area contributed by atoms with Gasteiger partial charge in [0.2, 0.25) is 5.91 Å². The second-order valence-corrected chi connectivity index (χ2v) is 8.96. The molecule has 3 rings (SSSR count). The highest BCUT2D eigenvalue weighted by Crippen LogP contribution is 2.46. The van der Waals surface area contributed by atoms with Gasteiger partial charge in [-0.3, -0.25) is 29.0 Å². The molecule has 1 saturated carbocycles. The molecule has 0 aromatic heterocycles. The summed E-state index contributed by atoms with van der Waals surface area (Å²) >= 11 is 0. The Morgan fingerprint density at radius 3 is 2.54 bits per heavy atom. The lowest BCUT2D eigenvalue weighted by Gasteiger charge is -2.43. The van der Waals surface area contributed by atoms with Gasteiger partial charge in [0.05, 0.1) is 0 Å². The molecule has 2 heterocycles. The molecule has 0 aromatic rings. The minimum Gasteiger partial charge on any atom is -0.454 e. The molecule has 154 valence electrons. The van der Waals surface area contributed by atoms with E-state index in [4.69, 9.17) is 4.74 Å². The van der Waals surface area contributed by atoms with Gasteiger partial charge in [-0.15, -0.1) is 0 Å². The summed E-state index contributed by atoms with van der Waals surface area (Å²) in [6, 6.07) is -0.618. The van der Waals surface area contributed by atoms with Crippen LogP contribution in [-0.4, -0.2) is 64.8 Å². The van der Waals surface area contributed by atoms with Crippen LogP contribution in [0.4, 0.5) is 4.79 Å². The number of ether oxygens (including phenoxy) is 1. The van der Waals surface area contributed by atoms with E-state index in [1.54, 1.807) is 0 Å². The molecule has 2 atom stereocenters. The largest absolute Gasteiger partial charge is 0.454 e. The Labute approximate surface area is 163 Å². The zero-order valence-electron chi connectivity index (χ0n) is 16.6. The van der Waals surface area contributed by atoms with Gasteiger partial charge >= 0.3 is 12.0 Å². The summed E-state index contributed by atoms with van der Waals surface area (Å²) in [4.78, 5) is 62.8. The SMILES string of the molecule is C[C@H]1CC(C)(C)C[C@]2(C1)NC(=O)N(CC(=O)OCC(=O)N1CCCC1=O)C2=O. The average molecular weight is 393 g/mol. The summed E-state index contributed by atoms with van der Waals surface area (Å²) in [5, 5.41) is 2.79. The first-order valence-electron chi connectivity index (χ1n) is 9.66. The zero-order chi connectivity index (χ0) is 20.7. The molecule has 0 unspecified atom stereocenters. The van der Waals surface area contributed by atoms with Crippen LogP contribution in [0.25, 0.3) is 0 Å². The molecule has 3 fully saturated rings. The number of urea groups is 1. The molecule has 28 heavy (non-hydrogen) atoms. The van der Waals surface area contributed by atoms with Gasteiger partial charge < -0.3 is 10.1 Å². The van der Waals surface area contributed by atoms with Crippen molar-refractivity contribution in [2.75, 3.05) is 19.7 Å². The number of nitrogens with zero attached hydrogens (tertiary/aromatic N) is 2. The number of carbonyl (C=O) groups is 5. The maximum Gasteiger partial charge on any atom is 0.326 e. The van der Waals surface area contributed by atoms with Crippen molar-refractivity contribution in [3.63, 3.8) is 0 Å². The first kappa shape index (κ1) is 20.3. The normalized spacial score (nSPS) is 29.4. The van der Waals surface area contributed by atoms with Gasteiger partial charge in [0.25, 0.3) is 11.8 Å². The van der Waals surface area contributed by atoms with Crippen LogP contribution in [0.2, 0.25) is 0 Å². The highest BCUT2D eigenvalue weighted by atomic mass is 16.5. The van der Waals surface area contributed by atoms with Crippen molar-refractivity contribution in [2.45, 2.75) is 58.4 Å². The Bertz CT molecular complexity index is 733. The fourth-order valence-electron chi connectivity index (χ4n) is 4.96. The van der Waals surface area contributed by atoms with Crippen molar-refractivity contribution in [2.24, 2.45) is 11.3 Å². The average Bonchev–Trinajstić information content (AvgIpc) is 3.08. The molecule has 1 spiro atoms. The number of amides is 5. The summed E-state index contributed by atoms with van der Waals surface area (Å²) in [5.41, 5.74) is -1.10. The second-order valence-electron chi connectivity index (χ2n) is 8.96. The molecule has 2 aliphatic heterocycles. The number of nitrogens with one attached hydrogen (secondary N) is 1. The van der Waals surface area contributed by atoms with E-state index in [0.29, 0.717) is 32.2 Å². The van der Waals surface area contributed by atoms with Crippen molar-refractivity contribution < 1.29 is 28.7 Å². The Balaban J connectivity index is 1.59. The first-order chi connectivity index (χ1) is 13.0. The van der Waals surface area contributed by atoms with E-state index in [9.17, 15) is 24.0 Å². The van der Waals surface area contributed by atoms with Crippen LogP contribution in [0.1, 0.15) is 52.9 Å². The molecule has 1 aliphatic carbocycles. The van der Waals surface area contributed by atoms with E-state index in [2.05, 4.69) is 19.2 Å². The predicted octanol–water partition coefficient (Wildman–Crippen LogP) is 0.815. The van der Waals surface area contributed by atoms with Crippen LogP contribution in [0.5, 0.6) is 0 Å². The summed E-state index contributed by atoms with van der Waals surface area (Å²) in [6.07, 6.45) is 2.90. The lowest BCUT2D eigenvalue weighted by molar-refractivity contribution is -0.156. The molecular formula is C19H27N3O6. The van der Waals surface area contributed by atoms with E-state index in [-0.39, 0.29) is 17.2 Å². The molecule has 9 heteroatoms. The van der Waals surface area contributed by atoms with Crippen molar-refractivity contribution in [1.29, 1.82) is 0 Å². The maximum atomic E-state index is 13.0. The number of hydrogen-bond acceptors (Lipinski definition) is 6. The lowest BCUT2D eigenvalue weighted by atomic mass is 9.64. The first-order valence-corrected chi connectivity index (χ1v) is 9.66. The number of imide groups is 2. The molecular weight excluding hydrogens is 366 g/mol. The topological polar surface area (TPSA) is 113 Å². The minimum atomic E-state index is -0.990. The van der Waals surface area contributed by atoms with E-state index in [1.807, 2.05) is 6.92 Å². The van der Waals surface area contributed by atoms with Gasteiger partial charge in [-0.05, 0) is 37.0 Å². The molecule has 5 amide bonds. The van der Waals surface area contributed by atoms with Crippen LogP contribution >= 0.6 is 0 Å². The molecule has 0 aromatic carbocycles. The third-order valence-corrected chi connectivity index (χ3v) is 5.64. The number of hydrogen-bond donors (Lipinski definition) is 1. The van der Waals surface area contributed by atoms with Gasteiger partial charge in [-0.1, -0.05) is 20.8 Å². The summed E-state index contributed by atoms with van der Waals surface area (Å²) in [7, 11) is 0. The second kappa shape index (κ2) is 7.18. The molecule has 0 bridgehead atoms. The quantitative estimate of drug-likeness (QED) is 0.559. The van der Waals surface area contributed by atoms with Gasteiger partial charge in [-0.2, -0.15) is 0 Å². The maximum absolute atomic E-state index is 13.0. The van der Waals surface area contributed by atoms with Crippen LogP contribution in [0.3, 0.4) is 0 Å². The third kappa shape index (κ3) is 3.88. The molecule has 3 aliphatic rings. The van der Waals surface area contributed by atoms with Gasteiger partial charge in [0, 0.05) is 13.0 Å². The van der Waals surface area contributed by atoms with E-state index in [0.717, 1.165) is 16.2 Å². The lowest BCUT2D eigenvalue weighted by Crippen LogP contribution is -2.54.